The Morgan fingerprint density at radius 3 is 2.50 bits per heavy atom. The number of hydrazone groups is 1. The molecule has 0 bridgehead atoms. The molecule has 3 nitrogen and oxygen atoms in total. The molecular formula is C14H19ClN2O. The standard InChI is InChI=1S/C14H19ClN2O/c1-3-5-6-13(4-2)16-17-14(18)11-7-9-12(15)10-8-11/h7-10H,3-6H2,1-2H3,(H,17,18)/b16-13+. The van der Waals surface area contributed by atoms with Crippen LogP contribution in [0.2, 0.25) is 5.02 Å². The third-order valence-corrected chi connectivity index (χ3v) is 2.90. The summed E-state index contributed by atoms with van der Waals surface area (Å²) in [6.45, 7) is 4.18. The van der Waals surface area contributed by atoms with Gasteiger partial charge >= 0.3 is 0 Å². The first-order valence-corrected chi connectivity index (χ1v) is 6.66. The molecule has 0 heterocycles. The van der Waals surface area contributed by atoms with Crippen molar-refractivity contribution in [2.24, 2.45) is 5.10 Å². The van der Waals surface area contributed by atoms with Crippen LogP contribution in [0.15, 0.2) is 29.4 Å². The van der Waals surface area contributed by atoms with Crippen LogP contribution in [0.5, 0.6) is 0 Å². The Morgan fingerprint density at radius 2 is 1.94 bits per heavy atom. The molecule has 0 aliphatic carbocycles. The number of amides is 1. The summed E-state index contributed by atoms with van der Waals surface area (Å²) >= 11 is 5.76. The van der Waals surface area contributed by atoms with Crippen LogP contribution in [-0.4, -0.2) is 11.6 Å². The minimum absolute atomic E-state index is 0.200. The molecule has 1 N–H and O–H groups in total. The second-order valence-electron chi connectivity index (χ2n) is 4.08. The summed E-state index contributed by atoms with van der Waals surface area (Å²) in [6, 6.07) is 6.76. The van der Waals surface area contributed by atoms with Crippen molar-refractivity contribution >= 4 is 23.2 Å². The zero-order valence-electron chi connectivity index (χ0n) is 10.9. The molecule has 1 aromatic carbocycles. The van der Waals surface area contributed by atoms with Crippen LogP contribution in [0.4, 0.5) is 0 Å². The van der Waals surface area contributed by atoms with Crippen molar-refractivity contribution < 1.29 is 4.79 Å². The van der Waals surface area contributed by atoms with Crippen LogP contribution in [-0.2, 0) is 0 Å². The highest BCUT2D eigenvalue weighted by Crippen LogP contribution is 2.09. The van der Waals surface area contributed by atoms with E-state index in [4.69, 9.17) is 11.6 Å². The summed E-state index contributed by atoms with van der Waals surface area (Å²) in [5.74, 6) is -0.200. The average molecular weight is 267 g/mol. The van der Waals surface area contributed by atoms with Crippen molar-refractivity contribution in [2.45, 2.75) is 39.5 Å². The Hall–Kier alpha value is -1.35. The van der Waals surface area contributed by atoms with Gasteiger partial charge in [0.15, 0.2) is 0 Å². The van der Waals surface area contributed by atoms with Crippen molar-refractivity contribution in [1.29, 1.82) is 0 Å². The van der Waals surface area contributed by atoms with Crippen molar-refractivity contribution in [3.8, 4) is 0 Å². The zero-order chi connectivity index (χ0) is 13.4. The van der Waals surface area contributed by atoms with Crippen molar-refractivity contribution in [2.75, 3.05) is 0 Å². The molecule has 0 aliphatic rings. The number of hydrogen-bond donors (Lipinski definition) is 1. The smallest absolute Gasteiger partial charge is 0.267 e. The van der Waals surface area contributed by atoms with Crippen LogP contribution >= 0.6 is 11.6 Å². The van der Waals surface area contributed by atoms with Gasteiger partial charge in [0.25, 0.3) is 5.91 Å². The number of nitrogens with one attached hydrogen (secondary N) is 1. The second kappa shape index (κ2) is 7.88. The molecule has 0 aliphatic heterocycles. The highest BCUT2D eigenvalue weighted by Gasteiger charge is 2.04. The molecule has 98 valence electrons. The van der Waals surface area contributed by atoms with Crippen LogP contribution < -0.4 is 5.43 Å². The minimum Gasteiger partial charge on any atom is -0.267 e. The SMILES string of the molecule is CCCC/C(CC)=N/NC(=O)c1ccc(Cl)cc1. The van der Waals surface area contributed by atoms with Crippen LogP contribution in [0.1, 0.15) is 49.9 Å². The normalized spacial score (nSPS) is 11.4. The maximum absolute atomic E-state index is 11.8. The number of nitrogens with zero attached hydrogens (tertiary/aromatic N) is 1. The monoisotopic (exact) mass is 266 g/mol. The van der Waals surface area contributed by atoms with E-state index in [2.05, 4.69) is 17.5 Å². The lowest BCUT2D eigenvalue weighted by atomic mass is 10.1. The molecule has 1 aromatic rings. The van der Waals surface area contributed by atoms with Crippen LogP contribution in [0.3, 0.4) is 0 Å². The van der Waals surface area contributed by atoms with E-state index in [0.717, 1.165) is 31.4 Å². The molecule has 0 unspecified atom stereocenters. The Bertz CT molecular complexity index is 412. The van der Waals surface area contributed by atoms with Gasteiger partial charge in [-0.05, 0) is 43.5 Å². The van der Waals surface area contributed by atoms with Crippen molar-refractivity contribution in [3.63, 3.8) is 0 Å². The number of carbonyl (C=O) groups excluding carboxylic acids is 1. The Labute approximate surface area is 113 Å². The van der Waals surface area contributed by atoms with Gasteiger partial charge in [0, 0.05) is 16.3 Å². The van der Waals surface area contributed by atoms with Crippen molar-refractivity contribution in [3.05, 3.63) is 34.9 Å². The molecule has 0 saturated heterocycles. The average Bonchev–Trinajstić information content (AvgIpc) is 2.39. The van der Waals surface area contributed by atoms with Crippen molar-refractivity contribution in [1.82, 2.24) is 5.43 Å². The fraction of sp³-hybridized carbons (Fsp3) is 0.429. The molecule has 0 atom stereocenters. The molecule has 0 fully saturated rings. The van der Waals surface area contributed by atoms with Gasteiger partial charge in [0.1, 0.15) is 0 Å². The topological polar surface area (TPSA) is 41.5 Å². The Kier molecular flexibility index (Phi) is 6.44. The van der Waals surface area contributed by atoms with Gasteiger partial charge in [-0.3, -0.25) is 4.79 Å². The lowest BCUT2D eigenvalue weighted by Gasteiger charge is -2.04. The predicted molar refractivity (Wildman–Crippen MR) is 76.2 cm³/mol. The number of carbonyl (C=O) groups is 1. The van der Waals surface area contributed by atoms with E-state index >= 15 is 0 Å². The summed E-state index contributed by atoms with van der Waals surface area (Å²) in [5, 5.41) is 4.78. The molecule has 1 rings (SSSR count). The second-order valence-corrected chi connectivity index (χ2v) is 4.52. The maximum atomic E-state index is 11.8. The van der Waals surface area contributed by atoms with Crippen LogP contribution in [0, 0.1) is 0 Å². The third kappa shape index (κ3) is 4.88. The van der Waals surface area contributed by atoms with E-state index in [1.54, 1.807) is 24.3 Å². The Balaban J connectivity index is 2.58. The van der Waals surface area contributed by atoms with E-state index in [-0.39, 0.29) is 5.91 Å². The summed E-state index contributed by atoms with van der Waals surface area (Å²) in [6.07, 6.45) is 4.03. The van der Waals surface area contributed by atoms with E-state index < -0.39 is 0 Å². The van der Waals surface area contributed by atoms with Gasteiger partial charge in [-0.15, -0.1) is 0 Å². The molecule has 0 saturated carbocycles. The maximum Gasteiger partial charge on any atom is 0.271 e. The van der Waals surface area contributed by atoms with Gasteiger partial charge in [0.2, 0.25) is 0 Å². The number of halogens is 1. The zero-order valence-corrected chi connectivity index (χ0v) is 11.6. The van der Waals surface area contributed by atoms with Gasteiger partial charge in [-0.25, -0.2) is 5.43 Å². The largest absolute Gasteiger partial charge is 0.271 e. The summed E-state index contributed by atoms with van der Waals surface area (Å²) in [4.78, 5) is 11.8. The highest BCUT2D eigenvalue weighted by molar-refractivity contribution is 6.30. The molecule has 0 aromatic heterocycles. The fourth-order valence-corrected chi connectivity index (χ4v) is 1.61. The first kappa shape index (κ1) is 14.7. The Morgan fingerprint density at radius 1 is 1.28 bits per heavy atom. The molecule has 0 spiro atoms. The lowest BCUT2D eigenvalue weighted by Crippen LogP contribution is -2.19. The van der Waals surface area contributed by atoms with Gasteiger partial charge in [-0.1, -0.05) is 31.9 Å². The number of benzene rings is 1. The molecule has 0 radical (unpaired) electrons. The van der Waals surface area contributed by atoms with Gasteiger partial charge in [-0.2, -0.15) is 5.10 Å². The molecule has 18 heavy (non-hydrogen) atoms. The van der Waals surface area contributed by atoms with E-state index in [1.807, 2.05) is 6.92 Å². The molecule has 4 heteroatoms. The predicted octanol–water partition coefficient (Wildman–Crippen LogP) is 4.03. The fourth-order valence-electron chi connectivity index (χ4n) is 1.49. The first-order valence-electron chi connectivity index (χ1n) is 6.28. The number of hydrogen-bond acceptors (Lipinski definition) is 2. The number of rotatable bonds is 6. The van der Waals surface area contributed by atoms with Gasteiger partial charge < -0.3 is 0 Å². The molecule has 1 amide bonds. The molecular weight excluding hydrogens is 248 g/mol. The summed E-state index contributed by atoms with van der Waals surface area (Å²) < 4.78 is 0. The third-order valence-electron chi connectivity index (χ3n) is 2.65. The highest BCUT2D eigenvalue weighted by atomic mass is 35.5. The quantitative estimate of drug-likeness (QED) is 0.613. The van der Waals surface area contributed by atoms with E-state index in [0.29, 0.717) is 10.6 Å². The summed E-state index contributed by atoms with van der Waals surface area (Å²) in [7, 11) is 0. The first-order chi connectivity index (χ1) is 8.67. The summed E-state index contributed by atoms with van der Waals surface area (Å²) in [5.41, 5.74) is 4.18. The van der Waals surface area contributed by atoms with E-state index in [1.165, 1.54) is 0 Å². The number of unbranched alkanes of at least 4 members (excludes halogenated alkanes) is 1. The minimum atomic E-state index is -0.200. The van der Waals surface area contributed by atoms with E-state index in [9.17, 15) is 4.79 Å². The van der Waals surface area contributed by atoms with Gasteiger partial charge in [0.05, 0.1) is 0 Å². The van der Waals surface area contributed by atoms with Crippen LogP contribution in [0.25, 0.3) is 0 Å². The lowest BCUT2D eigenvalue weighted by molar-refractivity contribution is 0.0954.